The molecule has 0 spiro atoms. The zero-order valence-electron chi connectivity index (χ0n) is 12.4. The van der Waals surface area contributed by atoms with Crippen molar-refractivity contribution in [3.05, 3.63) is 17.8 Å². The summed E-state index contributed by atoms with van der Waals surface area (Å²) in [4.78, 5) is 20.7. The normalized spacial score (nSPS) is 19.6. The van der Waals surface area contributed by atoms with Crippen LogP contribution in [0.1, 0.15) is 23.2 Å². The molecule has 0 atom stereocenters. The first kappa shape index (κ1) is 14.1. The zero-order valence-corrected chi connectivity index (χ0v) is 12.4. The second kappa shape index (κ2) is 5.89. The third-order valence-corrected chi connectivity index (χ3v) is 4.26. The average Bonchev–Trinajstić information content (AvgIpc) is 3.32. The Morgan fingerprint density at radius 3 is 2.71 bits per heavy atom. The number of aromatic nitrogens is 1. The van der Waals surface area contributed by atoms with E-state index in [0.29, 0.717) is 17.1 Å². The molecule has 3 rings (SSSR count). The molecule has 1 aliphatic heterocycles. The molecule has 6 nitrogen and oxygen atoms in total. The van der Waals surface area contributed by atoms with Crippen LogP contribution < -0.4 is 10.6 Å². The van der Waals surface area contributed by atoms with Crippen LogP contribution in [0.15, 0.2) is 12.3 Å². The van der Waals surface area contributed by atoms with Gasteiger partial charge in [0.2, 0.25) is 0 Å². The molecule has 1 aromatic rings. The minimum Gasteiger partial charge on any atom is -0.465 e. The summed E-state index contributed by atoms with van der Waals surface area (Å²) in [6.45, 7) is 5.07. The molecular weight excluding hydrogens is 268 g/mol. The summed E-state index contributed by atoms with van der Waals surface area (Å²) >= 11 is 0. The highest BCUT2D eigenvalue weighted by molar-refractivity contribution is 5.97. The number of carbonyl (C=O) groups is 1. The topological polar surface area (TPSA) is 71.7 Å². The molecule has 1 saturated carbocycles. The number of esters is 1. The van der Waals surface area contributed by atoms with Gasteiger partial charge in [0.25, 0.3) is 0 Å². The van der Waals surface area contributed by atoms with Crippen molar-refractivity contribution in [2.24, 2.45) is 5.92 Å². The summed E-state index contributed by atoms with van der Waals surface area (Å²) in [7, 11) is 1.36. The molecular formula is C15H22N4O2. The van der Waals surface area contributed by atoms with E-state index in [4.69, 9.17) is 10.5 Å². The smallest absolute Gasteiger partial charge is 0.340 e. The standard InChI is InChI=1S/C15H22N4O2/c1-21-15(20)12-4-5-17-14(13(12)16)19-8-6-18(7-9-19)10-11-2-3-11/h4-5,11H,2-3,6-10,16H2,1H3. The van der Waals surface area contributed by atoms with Gasteiger partial charge in [-0.2, -0.15) is 0 Å². The van der Waals surface area contributed by atoms with Crippen molar-refractivity contribution < 1.29 is 9.53 Å². The molecule has 2 N–H and O–H groups in total. The Balaban J connectivity index is 1.68. The van der Waals surface area contributed by atoms with Crippen LogP contribution in [0.3, 0.4) is 0 Å². The van der Waals surface area contributed by atoms with Crippen LogP contribution in [0.25, 0.3) is 0 Å². The van der Waals surface area contributed by atoms with Crippen LogP contribution in [-0.4, -0.2) is 55.7 Å². The van der Waals surface area contributed by atoms with Crippen molar-refractivity contribution >= 4 is 17.5 Å². The molecule has 1 saturated heterocycles. The molecule has 6 heteroatoms. The van der Waals surface area contributed by atoms with E-state index in [1.54, 1.807) is 12.3 Å². The SMILES string of the molecule is COC(=O)c1ccnc(N2CCN(CC3CC3)CC2)c1N. The molecule has 1 aromatic heterocycles. The van der Waals surface area contributed by atoms with E-state index in [9.17, 15) is 4.79 Å². The maximum Gasteiger partial charge on any atom is 0.340 e. The number of nitrogen functional groups attached to an aromatic ring is 1. The van der Waals surface area contributed by atoms with Crippen molar-refractivity contribution in [1.29, 1.82) is 0 Å². The lowest BCUT2D eigenvalue weighted by molar-refractivity contribution is 0.0602. The fourth-order valence-corrected chi connectivity index (χ4v) is 2.81. The second-order valence-electron chi connectivity index (χ2n) is 5.82. The summed E-state index contributed by atoms with van der Waals surface area (Å²) in [5.74, 6) is 1.20. The maximum absolute atomic E-state index is 11.7. The second-order valence-corrected chi connectivity index (χ2v) is 5.82. The zero-order chi connectivity index (χ0) is 14.8. The maximum atomic E-state index is 11.7. The van der Waals surface area contributed by atoms with Gasteiger partial charge < -0.3 is 15.4 Å². The van der Waals surface area contributed by atoms with Gasteiger partial charge >= 0.3 is 5.97 Å². The lowest BCUT2D eigenvalue weighted by atomic mass is 10.2. The van der Waals surface area contributed by atoms with Crippen LogP contribution in [0.4, 0.5) is 11.5 Å². The first-order valence-electron chi connectivity index (χ1n) is 7.49. The van der Waals surface area contributed by atoms with Crippen LogP contribution in [0.2, 0.25) is 0 Å². The number of hydrogen-bond acceptors (Lipinski definition) is 6. The average molecular weight is 290 g/mol. The number of carbonyl (C=O) groups excluding carboxylic acids is 1. The largest absolute Gasteiger partial charge is 0.465 e. The van der Waals surface area contributed by atoms with Gasteiger partial charge in [0.1, 0.15) is 0 Å². The molecule has 0 bridgehead atoms. The number of anilines is 2. The fraction of sp³-hybridized carbons (Fsp3) is 0.600. The molecule has 0 unspecified atom stereocenters. The summed E-state index contributed by atoms with van der Waals surface area (Å²) < 4.78 is 4.75. The van der Waals surface area contributed by atoms with Crippen LogP contribution >= 0.6 is 0 Å². The van der Waals surface area contributed by atoms with E-state index >= 15 is 0 Å². The van der Waals surface area contributed by atoms with Gasteiger partial charge in [-0.3, -0.25) is 4.90 Å². The molecule has 1 aliphatic carbocycles. The van der Waals surface area contributed by atoms with Gasteiger partial charge in [-0.25, -0.2) is 9.78 Å². The van der Waals surface area contributed by atoms with Gasteiger partial charge in [0.15, 0.2) is 5.82 Å². The molecule has 2 aliphatic rings. The molecule has 2 fully saturated rings. The van der Waals surface area contributed by atoms with Gasteiger partial charge in [-0.1, -0.05) is 0 Å². The van der Waals surface area contributed by atoms with E-state index in [2.05, 4.69) is 14.8 Å². The highest BCUT2D eigenvalue weighted by Crippen LogP contribution is 2.30. The first-order chi connectivity index (χ1) is 10.2. The Kier molecular flexibility index (Phi) is 3.96. The van der Waals surface area contributed by atoms with E-state index in [1.807, 2.05) is 0 Å². The summed E-state index contributed by atoms with van der Waals surface area (Å²) in [5, 5.41) is 0. The summed E-state index contributed by atoms with van der Waals surface area (Å²) in [6.07, 6.45) is 4.39. The molecule has 0 radical (unpaired) electrons. The number of methoxy groups -OCH3 is 1. The Labute approximate surface area is 124 Å². The number of nitrogens with zero attached hydrogens (tertiary/aromatic N) is 3. The van der Waals surface area contributed by atoms with Gasteiger partial charge in [-0.15, -0.1) is 0 Å². The predicted octanol–water partition coefficient (Wildman–Crippen LogP) is 0.982. The molecule has 0 amide bonds. The number of nitrogens with two attached hydrogens (primary N) is 1. The van der Waals surface area contributed by atoms with Crippen molar-refractivity contribution in [1.82, 2.24) is 9.88 Å². The van der Waals surface area contributed by atoms with Crippen molar-refractivity contribution in [2.45, 2.75) is 12.8 Å². The van der Waals surface area contributed by atoms with E-state index < -0.39 is 5.97 Å². The minimum absolute atomic E-state index is 0.392. The monoisotopic (exact) mass is 290 g/mol. The highest BCUT2D eigenvalue weighted by atomic mass is 16.5. The predicted molar refractivity (Wildman–Crippen MR) is 81.4 cm³/mol. The quantitative estimate of drug-likeness (QED) is 0.834. The van der Waals surface area contributed by atoms with Crippen LogP contribution in [0.5, 0.6) is 0 Å². The van der Waals surface area contributed by atoms with Gasteiger partial charge in [0.05, 0.1) is 18.4 Å². The summed E-state index contributed by atoms with van der Waals surface area (Å²) in [6, 6.07) is 1.61. The molecule has 21 heavy (non-hydrogen) atoms. The number of ether oxygens (including phenoxy) is 1. The molecule has 0 aromatic carbocycles. The number of hydrogen-bond donors (Lipinski definition) is 1. The van der Waals surface area contributed by atoms with E-state index in [0.717, 1.165) is 32.1 Å². The Morgan fingerprint density at radius 1 is 1.38 bits per heavy atom. The number of pyridine rings is 1. The van der Waals surface area contributed by atoms with Crippen molar-refractivity contribution in [2.75, 3.05) is 50.5 Å². The van der Waals surface area contributed by atoms with Crippen LogP contribution in [-0.2, 0) is 4.74 Å². The van der Waals surface area contributed by atoms with Crippen molar-refractivity contribution in [3.8, 4) is 0 Å². The third-order valence-electron chi connectivity index (χ3n) is 4.26. The Morgan fingerprint density at radius 2 is 2.10 bits per heavy atom. The van der Waals surface area contributed by atoms with E-state index in [1.165, 1.54) is 26.5 Å². The number of rotatable bonds is 4. The number of piperazine rings is 1. The summed E-state index contributed by atoms with van der Waals surface area (Å²) in [5.41, 5.74) is 6.91. The lowest BCUT2D eigenvalue weighted by Gasteiger charge is -2.36. The minimum atomic E-state index is -0.413. The highest BCUT2D eigenvalue weighted by Gasteiger charge is 2.27. The Bertz CT molecular complexity index is 522. The van der Waals surface area contributed by atoms with Gasteiger partial charge in [-0.05, 0) is 24.8 Å². The fourth-order valence-electron chi connectivity index (χ4n) is 2.81. The van der Waals surface area contributed by atoms with Crippen molar-refractivity contribution in [3.63, 3.8) is 0 Å². The Hall–Kier alpha value is -1.82. The molecule has 2 heterocycles. The third kappa shape index (κ3) is 3.10. The first-order valence-corrected chi connectivity index (χ1v) is 7.49. The lowest BCUT2D eigenvalue weighted by Crippen LogP contribution is -2.47. The van der Waals surface area contributed by atoms with E-state index in [-0.39, 0.29) is 0 Å². The molecule has 114 valence electrons. The van der Waals surface area contributed by atoms with Gasteiger partial charge in [0, 0.05) is 38.9 Å². The van der Waals surface area contributed by atoms with Crippen LogP contribution in [0, 0.1) is 5.92 Å².